The summed E-state index contributed by atoms with van der Waals surface area (Å²) in [6, 6.07) is 0.658. The third kappa shape index (κ3) is 3.06. The van der Waals surface area contributed by atoms with E-state index in [4.69, 9.17) is 0 Å². The summed E-state index contributed by atoms with van der Waals surface area (Å²) in [7, 11) is 1.42. The summed E-state index contributed by atoms with van der Waals surface area (Å²) in [5.41, 5.74) is 0.360. The monoisotopic (exact) mass is 217 g/mol. The molecular weight excluding hydrogens is 207 g/mol. The van der Waals surface area contributed by atoms with Crippen LogP contribution in [0.2, 0.25) is 0 Å². The third-order valence-electron chi connectivity index (χ3n) is 2.05. The molecule has 1 rings (SSSR count). The Labute approximate surface area is 85.1 Å². The van der Waals surface area contributed by atoms with Crippen molar-refractivity contribution >= 4 is 6.04 Å². The maximum atomic E-state index is 12.8. The first-order valence-corrected chi connectivity index (χ1v) is 4.35. The summed E-state index contributed by atoms with van der Waals surface area (Å²) in [5.74, 6) is -1.97. The van der Waals surface area contributed by atoms with Gasteiger partial charge in [-0.05, 0) is 31.2 Å². The van der Waals surface area contributed by atoms with Crippen LogP contribution in [0.3, 0.4) is 0 Å². The lowest BCUT2D eigenvalue weighted by Gasteiger charge is -2.10. The number of rotatable bonds is 4. The minimum absolute atomic E-state index is 0.0109. The summed E-state index contributed by atoms with van der Waals surface area (Å²) in [4.78, 5) is 10.4. The molecule has 1 N–H and O–H groups in total. The molecule has 1 aromatic rings. The fourth-order valence-corrected chi connectivity index (χ4v) is 1.20. The molecule has 0 aliphatic rings. The van der Waals surface area contributed by atoms with Gasteiger partial charge in [-0.1, -0.05) is 6.07 Å². The first-order chi connectivity index (χ1) is 7.04. The molecule has 0 bridgehead atoms. The Morgan fingerprint density at radius 3 is 2.53 bits per heavy atom. The van der Waals surface area contributed by atoms with Crippen molar-refractivity contribution in [1.29, 1.82) is 0 Å². The molecule has 1 atom stereocenters. The van der Waals surface area contributed by atoms with Crippen molar-refractivity contribution in [1.82, 2.24) is 5.32 Å². The molecule has 0 aromatic heterocycles. The molecule has 15 heavy (non-hydrogen) atoms. The van der Waals surface area contributed by atoms with Gasteiger partial charge in [-0.15, -0.1) is 0 Å². The average Bonchev–Trinajstić information content (AvgIpc) is 2.19. The molecule has 0 spiro atoms. The van der Waals surface area contributed by atoms with Crippen LogP contribution in [0, 0.1) is 11.6 Å². The van der Waals surface area contributed by atoms with Crippen LogP contribution in [0.25, 0.3) is 0 Å². The van der Waals surface area contributed by atoms with E-state index in [1.54, 1.807) is 0 Å². The number of carbonyl (C=O) groups excluding carboxylic acids is 1. The van der Waals surface area contributed by atoms with Crippen LogP contribution in [0.15, 0.2) is 18.2 Å². The molecule has 0 saturated heterocycles. The zero-order valence-corrected chi connectivity index (χ0v) is 8.06. The second-order valence-corrected chi connectivity index (χ2v) is 3.10. The third-order valence-corrected chi connectivity index (χ3v) is 2.05. The van der Waals surface area contributed by atoms with Crippen LogP contribution < -0.4 is 5.32 Å². The SMILES string of the molecule is CN[C@@H](Cc1ccc(F)c(F)c1)C(=O)F. The largest absolute Gasteiger partial charge is 0.318 e. The highest BCUT2D eigenvalue weighted by molar-refractivity contribution is 5.74. The number of carbonyl (C=O) groups is 1. The number of hydrogen-bond acceptors (Lipinski definition) is 2. The van der Waals surface area contributed by atoms with Crippen LogP contribution in [0.4, 0.5) is 13.2 Å². The summed E-state index contributed by atoms with van der Waals surface area (Å²) >= 11 is 0. The molecule has 0 saturated carbocycles. The molecule has 0 fully saturated rings. The van der Waals surface area contributed by atoms with E-state index in [9.17, 15) is 18.0 Å². The summed E-state index contributed by atoms with van der Waals surface area (Å²) < 4.78 is 37.7. The van der Waals surface area contributed by atoms with Gasteiger partial charge in [0, 0.05) is 0 Å². The maximum absolute atomic E-state index is 12.8. The minimum atomic E-state index is -1.53. The van der Waals surface area contributed by atoms with Crippen LogP contribution in [0.5, 0.6) is 0 Å². The van der Waals surface area contributed by atoms with E-state index in [0.717, 1.165) is 12.1 Å². The Hall–Kier alpha value is -1.36. The minimum Gasteiger partial charge on any atom is -0.308 e. The van der Waals surface area contributed by atoms with Gasteiger partial charge in [0.2, 0.25) is 0 Å². The fraction of sp³-hybridized carbons (Fsp3) is 0.300. The quantitative estimate of drug-likeness (QED) is 0.776. The van der Waals surface area contributed by atoms with Crippen molar-refractivity contribution < 1.29 is 18.0 Å². The van der Waals surface area contributed by atoms with Crippen molar-refractivity contribution in [2.45, 2.75) is 12.5 Å². The van der Waals surface area contributed by atoms with E-state index in [0.29, 0.717) is 5.56 Å². The molecular formula is C10H10F3NO. The van der Waals surface area contributed by atoms with Gasteiger partial charge >= 0.3 is 6.04 Å². The zero-order valence-electron chi connectivity index (χ0n) is 8.06. The Bertz CT molecular complexity index is 368. The van der Waals surface area contributed by atoms with Crippen molar-refractivity contribution in [2.24, 2.45) is 0 Å². The standard InChI is InChI=1S/C10H10F3NO/c1-14-9(10(13)15)5-6-2-3-7(11)8(12)4-6/h2-4,9,14H,5H2,1H3/t9-/m0/s1. The first kappa shape index (κ1) is 11.7. The lowest BCUT2D eigenvalue weighted by Crippen LogP contribution is -2.33. The van der Waals surface area contributed by atoms with Crippen molar-refractivity contribution in [2.75, 3.05) is 7.05 Å². The first-order valence-electron chi connectivity index (χ1n) is 4.35. The summed E-state index contributed by atoms with van der Waals surface area (Å²) in [5, 5.41) is 2.44. The summed E-state index contributed by atoms with van der Waals surface area (Å²) in [6.07, 6.45) is -0.0109. The molecule has 0 radical (unpaired) electrons. The molecule has 2 nitrogen and oxygen atoms in total. The van der Waals surface area contributed by atoms with Crippen molar-refractivity contribution in [3.05, 3.63) is 35.4 Å². The molecule has 0 amide bonds. The maximum Gasteiger partial charge on any atom is 0.318 e. The van der Waals surface area contributed by atoms with Crippen LogP contribution in [0.1, 0.15) is 5.56 Å². The highest BCUT2D eigenvalue weighted by atomic mass is 19.2. The number of nitrogens with one attached hydrogen (secondary N) is 1. The van der Waals surface area contributed by atoms with E-state index < -0.39 is 23.7 Å². The molecule has 5 heteroatoms. The van der Waals surface area contributed by atoms with E-state index >= 15 is 0 Å². The van der Waals surface area contributed by atoms with E-state index in [2.05, 4.69) is 5.32 Å². The van der Waals surface area contributed by atoms with Gasteiger partial charge in [0.25, 0.3) is 0 Å². The highest BCUT2D eigenvalue weighted by Crippen LogP contribution is 2.10. The Morgan fingerprint density at radius 1 is 1.40 bits per heavy atom. The predicted octanol–water partition coefficient (Wildman–Crippen LogP) is 1.59. The van der Waals surface area contributed by atoms with Crippen LogP contribution >= 0.6 is 0 Å². The van der Waals surface area contributed by atoms with Crippen molar-refractivity contribution in [3.8, 4) is 0 Å². The van der Waals surface area contributed by atoms with E-state index in [1.165, 1.54) is 13.1 Å². The zero-order chi connectivity index (χ0) is 11.4. The van der Waals surface area contributed by atoms with Gasteiger partial charge in [-0.3, -0.25) is 4.79 Å². The van der Waals surface area contributed by atoms with Crippen LogP contribution in [-0.2, 0) is 11.2 Å². The fourth-order valence-electron chi connectivity index (χ4n) is 1.20. The van der Waals surface area contributed by atoms with Gasteiger partial charge in [-0.2, -0.15) is 4.39 Å². The molecule has 0 aliphatic carbocycles. The number of likely N-dealkylation sites (N-methyl/N-ethyl adjacent to an activating group) is 1. The average molecular weight is 217 g/mol. The molecule has 82 valence electrons. The lowest BCUT2D eigenvalue weighted by molar-refractivity contribution is -0.131. The molecule has 0 heterocycles. The Morgan fingerprint density at radius 2 is 2.07 bits per heavy atom. The highest BCUT2D eigenvalue weighted by Gasteiger charge is 2.16. The van der Waals surface area contributed by atoms with Crippen molar-refractivity contribution in [3.63, 3.8) is 0 Å². The summed E-state index contributed by atoms with van der Waals surface area (Å²) in [6.45, 7) is 0. The van der Waals surface area contributed by atoms with Gasteiger partial charge < -0.3 is 5.32 Å². The normalized spacial score (nSPS) is 12.5. The van der Waals surface area contributed by atoms with Gasteiger partial charge in [0.1, 0.15) is 6.04 Å². The second-order valence-electron chi connectivity index (χ2n) is 3.10. The van der Waals surface area contributed by atoms with Gasteiger partial charge in [0.05, 0.1) is 0 Å². The smallest absolute Gasteiger partial charge is 0.308 e. The molecule has 0 aliphatic heterocycles. The number of hydrogen-bond donors (Lipinski definition) is 1. The Balaban J connectivity index is 2.80. The molecule has 0 unspecified atom stereocenters. The van der Waals surface area contributed by atoms with Crippen LogP contribution in [-0.4, -0.2) is 19.1 Å². The second kappa shape index (κ2) is 4.93. The number of benzene rings is 1. The lowest BCUT2D eigenvalue weighted by atomic mass is 10.1. The topological polar surface area (TPSA) is 29.1 Å². The Kier molecular flexibility index (Phi) is 3.85. The van der Waals surface area contributed by atoms with Gasteiger partial charge in [0.15, 0.2) is 11.6 Å². The van der Waals surface area contributed by atoms with E-state index in [1.807, 2.05) is 0 Å². The number of halogens is 3. The molecule has 1 aromatic carbocycles. The van der Waals surface area contributed by atoms with E-state index in [-0.39, 0.29) is 6.42 Å². The van der Waals surface area contributed by atoms with Gasteiger partial charge in [-0.25, -0.2) is 8.78 Å². The predicted molar refractivity (Wildman–Crippen MR) is 49.0 cm³/mol.